The fraction of sp³-hybridized carbons (Fsp3) is 1.00. The van der Waals surface area contributed by atoms with E-state index in [1.165, 1.54) is 19.3 Å². The molecule has 0 aliphatic heterocycles. The van der Waals surface area contributed by atoms with Gasteiger partial charge in [-0.1, -0.05) is 26.2 Å². The van der Waals surface area contributed by atoms with Crippen LogP contribution in [-0.4, -0.2) is 11.7 Å². The fourth-order valence-electron chi connectivity index (χ4n) is 1.16. The summed E-state index contributed by atoms with van der Waals surface area (Å²) in [6.45, 7) is 2.51. The third-order valence-electron chi connectivity index (χ3n) is 2.24. The topological polar surface area (TPSA) is 20.2 Å². The summed E-state index contributed by atoms with van der Waals surface area (Å²) in [4.78, 5) is 0. The van der Waals surface area contributed by atoms with E-state index in [0.29, 0.717) is 12.5 Å². The lowest BCUT2D eigenvalue weighted by Crippen LogP contribution is -2.21. The molecule has 8 heavy (non-hydrogen) atoms. The summed E-state index contributed by atoms with van der Waals surface area (Å²) in [6, 6.07) is 0. The number of aliphatic hydroxyl groups excluding tert-OH is 1. The van der Waals surface area contributed by atoms with Crippen molar-refractivity contribution in [1.82, 2.24) is 0 Å². The molecule has 1 nitrogen and oxygen atoms in total. The Kier molecular flexibility index (Phi) is 1.90. The van der Waals surface area contributed by atoms with Gasteiger partial charge < -0.3 is 5.11 Å². The molecular weight excluding hydrogens is 100 g/mol. The Labute approximate surface area is 50.7 Å². The number of hydrogen-bond donors (Lipinski definition) is 1. The molecule has 0 radical (unpaired) electrons. The van der Waals surface area contributed by atoms with Gasteiger partial charge in [0.25, 0.3) is 0 Å². The van der Waals surface area contributed by atoms with E-state index in [1.807, 2.05) is 0 Å². The minimum Gasteiger partial charge on any atom is -0.396 e. The van der Waals surface area contributed by atoms with Crippen molar-refractivity contribution in [3.63, 3.8) is 0 Å². The average molecular weight is 114 g/mol. The predicted molar refractivity (Wildman–Crippen MR) is 33.6 cm³/mol. The second-order valence-electron chi connectivity index (χ2n) is 2.85. The summed E-state index contributed by atoms with van der Waals surface area (Å²) < 4.78 is 0. The largest absolute Gasteiger partial charge is 0.396 e. The van der Waals surface area contributed by atoms with E-state index in [4.69, 9.17) is 5.11 Å². The van der Waals surface area contributed by atoms with Gasteiger partial charge in [-0.3, -0.25) is 0 Å². The zero-order valence-corrected chi connectivity index (χ0v) is 5.43. The molecule has 0 aromatic rings. The van der Waals surface area contributed by atoms with Gasteiger partial charge in [-0.15, -0.1) is 0 Å². The molecule has 0 aromatic carbocycles. The smallest absolute Gasteiger partial charge is 0.0459 e. The van der Waals surface area contributed by atoms with Crippen molar-refractivity contribution in [2.45, 2.75) is 26.2 Å². The van der Waals surface area contributed by atoms with Gasteiger partial charge in [0, 0.05) is 6.61 Å². The van der Waals surface area contributed by atoms with Crippen LogP contribution in [0, 0.1) is 11.8 Å². The Morgan fingerprint density at radius 3 is 2.38 bits per heavy atom. The molecule has 0 amide bonds. The maximum atomic E-state index is 8.67. The molecular formula is C7H14O. The molecule has 0 unspecified atom stereocenters. The van der Waals surface area contributed by atoms with Crippen molar-refractivity contribution in [3.8, 4) is 0 Å². The third-order valence-corrected chi connectivity index (χ3v) is 2.24. The molecule has 1 aliphatic carbocycles. The van der Waals surface area contributed by atoms with Crippen LogP contribution in [-0.2, 0) is 0 Å². The molecule has 1 aliphatic rings. The molecule has 48 valence electrons. The van der Waals surface area contributed by atoms with E-state index in [1.54, 1.807) is 0 Å². The van der Waals surface area contributed by atoms with E-state index < -0.39 is 0 Å². The highest BCUT2D eigenvalue weighted by atomic mass is 16.3. The maximum absolute atomic E-state index is 8.67. The predicted octanol–water partition coefficient (Wildman–Crippen LogP) is 1.41. The highest BCUT2D eigenvalue weighted by molar-refractivity contribution is 4.73. The van der Waals surface area contributed by atoms with Crippen molar-refractivity contribution >= 4 is 0 Å². The molecule has 1 rings (SSSR count). The van der Waals surface area contributed by atoms with Crippen LogP contribution in [0.1, 0.15) is 26.2 Å². The lowest BCUT2D eigenvalue weighted by Gasteiger charge is -2.29. The van der Waals surface area contributed by atoms with Gasteiger partial charge in [-0.2, -0.15) is 0 Å². The fourth-order valence-corrected chi connectivity index (χ4v) is 1.16. The maximum Gasteiger partial charge on any atom is 0.0459 e. The van der Waals surface area contributed by atoms with Crippen LogP contribution < -0.4 is 0 Å². The molecule has 0 heterocycles. The van der Waals surface area contributed by atoms with Crippen molar-refractivity contribution in [2.24, 2.45) is 11.8 Å². The van der Waals surface area contributed by atoms with Gasteiger partial charge in [-0.05, 0) is 11.8 Å². The van der Waals surface area contributed by atoms with Crippen molar-refractivity contribution in [3.05, 3.63) is 0 Å². The molecule has 0 saturated heterocycles. The Morgan fingerprint density at radius 2 is 2.25 bits per heavy atom. The Balaban J connectivity index is 2.13. The number of rotatable bonds is 2. The normalized spacial score (nSPS) is 24.8. The first-order valence-electron chi connectivity index (χ1n) is 3.45. The lowest BCUT2D eigenvalue weighted by molar-refractivity contribution is 0.137. The van der Waals surface area contributed by atoms with Crippen molar-refractivity contribution in [2.75, 3.05) is 6.61 Å². The van der Waals surface area contributed by atoms with Gasteiger partial charge in [-0.25, -0.2) is 0 Å². The van der Waals surface area contributed by atoms with Crippen LogP contribution in [0.2, 0.25) is 0 Å². The van der Waals surface area contributed by atoms with Gasteiger partial charge in [0.1, 0.15) is 0 Å². The minimum atomic E-state index is 0.380. The van der Waals surface area contributed by atoms with E-state index in [2.05, 4.69) is 6.92 Å². The highest BCUT2D eigenvalue weighted by Gasteiger charge is 2.22. The first-order chi connectivity index (χ1) is 3.84. The third kappa shape index (κ3) is 1.03. The zero-order valence-electron chi connectivity index (χ0n) is 5.43. The molecule has 1 fully saturated rings. The standard InChI is InChI=1S/C7H14O/c1-6(5-8)7-3-2-4-7/h6-8H,2-5H2,1H3/t6-/m1/s1. The van der Waals surface area contributed by atoms with Gasteiger partial charge in [0.05, 0.1) is 0 Å². The first-order valence-corrected chi connectivity index (χ1v) is 3.45. The molecule has 1 saturated carbocycles. The van der Waals surface area contributed by atoms with Gasteiger partial charge in [0.2, 0.25) is 0 Å². The summed E-state index contributed by atoms with van der Waals surface area (Å²) in [6.07, 6.45) is 4.08. The quantitative estimate of drug-likeness (QED) is 0.575. The summed E-state index contributed by atoms with van der Waals surface area (Å²) in [5, 5.41) is 8.67. The van der Waals surface area contributed by atoms with E-state index in [9.17, 15) is 0 Å². The summed E-state index contributed by atoms with van der Waals surface area (Å²) in [5.74, 6) is 1.41. The molecule has 0 spiro atoms. The van der Waals surface area contributed by atoms with Crippen LogP contribution in [0.15, 0.2) is 0 Å². The van der Waals surface area contributed by atoms with E-state index >= 15 is 0 Å². The van der Waals surface area contributed by atoms with Crippen LogP contribution in [0.3, 0.4) is 0 Å². The molecule has 1 N–H and O–H groups in total. The Bertz CT molecular complexity index is 64.0. The van der Waals surface area contributed by atoms with Crippen molar-refractivity contribution in [1.29, 1.82) is 0 Å². The second kappa shape index (κ2) is 2.49. The molecule has 1 heteroatoms. The summed E-state index contributed by atoms with van der Waals surface area (Å²) >= 11 is 0. The van der Waals surface area contributed by atoms with Crippen molar-refractivity contribution < 1.29 is 5.11 Å². The molecule has 0 aromatic heterocycles. The second-order valence-corrected chi connectivity index (χ2v) is 2.85. The number of hydrogen-bond acceptors (Lipinski definition) is 1. The summed E-state index contributed by atoms with van der Waals surface area (Å²) in [5.41, 5.74) is 0. The average Bonchev–Trinajstić information content (AvgIpc) is 1.62. The first kappa shape index (κ1) is 6.09. The molecule has 0 bridgehead atoms. The minimum absolute atomic E-state index is 0.380. The van der Waals surface area contributed by atoms with Crippen LogP contribution in [0.25, 0.3) is 0 Å². The number of aliphatic hydroxyl groups is 1. The Morgan fingerprint density at radius 1 is 1.62 bits per heavy atom. The molecule has 1 atom stereocenters. The highest BCUT2D eigenvalue weighted by Crippen LogP contribution is 2.32. The van der Waals surface area contributed by atoms with Crippen LogP contribution in [0.4, 0.5) is 0 Å². The van der Waals surface area contributed by atoms with Gasteiger partial charge in [0.15, 0.2) is 0 Å². The van der Waals surface area contributed by atoms with Gasteiger partial charge >= 0.3 is 0 Å². The summed E-state index contributed by atoms with van der Waals surface area (Å²) in [7, 11) is 0. The monoisotopic (exact) mass is 114 g/mol. The Hall–Kier alpha value is -0.0400. The van der Waals surface area contributed by atoms with E-state index in [0.717, 1.165) is 5.92 Å². The SMILES string of the molecule is C[C@H](CO)C1CCC1. The lowest BCUT2D eigenvalue weighted by atomic mass is 9.77. The zero-order chi connectivity index (χ0) is 5.98. The van der Waals surface area contributed by atoms with Crippen LogP contribution >= 0.6 is 0 Å². The van der Waals surface area contributed by atoms with Crippen LogP contribution in [0.5, 0.6) is 0 Å². The van der Waals surface area contributed by atoms with E-state index in [-0.39, 0.29) is 0 Å².